The van der Waals surface area contributed by atoms with E-state index in [2.05, 4.69) is 54.4 Å². The highest BCUT2D eigenvalue weighted by atomic mass is 14.7. The molecule has 2 aromatic heterocycles. The minimum absolute atomic E-state index is 1.01. The van der Waals surface area contributed by atoms with Gasteiger partial charge in [0.1, 0.15) is 0 Å². The molecular weight excluding hydrogens is 304 g/mol. The molecule has 0 aliphatic carbocycles. The van der Waals surface area contributed by atoms with Gasteiger partial charge in [0, 0.05) is 22.5 Å². The van der Waals surface area contributed by atoms with E-state index in [4.69, 9.17) is 4.98 Å². The van der Waals surface area contributed by atoms with Crippen LogP contribution in [-0.2, 0) is 0 Å². The van der Waals surface area contributed by atoms with Gasteiger partial charge < -0.3 is 0 Å². The summed E-state index contributed by atoms with van der Waals surface area (Å²) in [6.45, 7) is 10.1. The third-order valence-corrected chi connectivity index (χ3v) is 3.82. The average molecular weight is 330 g/mol. The molecule has 0 spiro atoms. The summed E-state index contributed by atoms with van der Waals surface area (Å²) in [5.74, 6) is 0. The maximum atomic E-state index is 4.79. The number of fused-ring (bicyclic) bond motifs is 2. The van der Waals surface area contributed by atoms with E-state index < -0.39 is 0 Å². The van der Waals surface area contributed by atoms with E-state index in [1.807, 2.05) is 52.1 Å². The Balaban J connectivity index is 0.000000528. The van der Waals surface area contributed by atoms with Gasteiger partial charge in [0.15, 0.2) is 0 Å². The standard InChI is InChI=1S/C19H14N2.2C2H6/c1-13-11-19-15(6-4-10-20-19)12-16(13)18-9-8-14-5-2-3-7-17(14)21-18;2*1-2/h2-12H,1H3;2*1-2H3. The second-order valence-electron chi connectivity index (χ2n) is 5.25. The predicted octanol–water partition coefficient (Wildman–Crippen LogP) is 6.81. The molecule has 0 aliphatic rings. The van der Waals surface area contributed by atoms with Gasteiger partial charge in [-0.3, -0.25) is 4.98 Å². The molecule has 4 rings (SSSR count). The van der Waals surface area contributed by atoms with E-state index in [-0.39, 0.29) is 0 Å². The van der Waals surface area contributed by atoms with Crippen LogP contribution in [0, 0.1) is 6.92 Å². The van der Waals surface area contributed by atoms with E-state index in [0.29, 0.717) is 0 Å². The Kier molecular flexibility index (Phi) is 6.64. The molecule has 0 aliphatic heterocycles. The maximum absolute atomic E-state index is 4.79. The molecule has 0 fully saturated rings. The molecule has 128 valence electrons. The molecule has 25 heavy (non-hydrogen) atoms. The van der Waals surface area contributed by atoms with Gasteiger partial charge >= 0.3 is 0 Å². The quantitative estimate of drug-likeness (QED) is 0.383. The Labute approximate surface area is 150 Å². The van der Waals surface area contributed by atoms with Crippen LogP contribution in [0.1, 0.15) is 33.3 Å². The van der Waals surface area contributed by atoms with Crippen LogP contribution in [0.15, 0.2) is 66.9 Å². The predicted molar refractivity (Wildman–Crippen MR) is 110 cm³/mol. The molecule has 0 atom stereocenters. The number of hydrogen-bond donors (Lipinski definition) is 0. The molecule has 0 saturated carbocycles. The molecule has 0 radical (unpaired) electrons. The van der Waals surface area contributed by atoms with E-state index in [0.717, 1.165) is 22.1 Å². The van der Waals surface area contributed by atoms with Crippen molar-refractivity contribution in [2.24, 2.45) is 0 Å². The fraction of sp³-hybridized carbons (Fsp3) is 0.217. The number of aryl methyl sites for hydroxylation is 1. The zero-order chi connectivity index (χ0) is 18.2. The van der Waals surface area contributed by atoms with E-state index in [1.54, 1.807) is 0 Å². The fourth-order valence-electron chi connectivity index (χ4n) is 2.72. The van der Waals surface area contributed by atoms with E-state index in [9.17, 15) is 0 Å². The van der Waals surface area contributed by atoms with Gasteiger partial charge in [-0.15, -0.1) is 0 Å². The van der Waals surface area contributed by atoms with Crippen molar-refractivity contribution < 1.29 is 0 Å². The van der Waals surface area contributed by atoms with Crippen LogP contribution >= 0.6 is 0 Å². The van der Waals surface area contributed by atoms with Crippen LogP contribution in [0.4, 0.5) is 0 Å². The van der Waals surface area contributed by atoms with Crippen molar-refractivity contribution in [2.45, 2.75) is 34.6 Å². The second-order valence-corrected chi connectivity index (χ2v) is 5.25. The van der Waals surface area contributed by atoms with Crippen LogP contribution in [-0.4, -0.2) is 9.97 Å². The van der Waals surface area contributed by atoms with Crippen LogP contribution in [0.25, 0.3) is 33.1 Å². The number of nitrogens with zero attached hydrogens (tertiary/aromatic N) is 2. The van der Waals surface area contributed by atoms with Gasteiger partial charge in [-0.05, 0) is 42.8 Å². The van der Waals surface area contributed by atoms with Crippen molar-refractivity contribution in [2.75, 3.05) is 0 Å². The van der Waals surface area contributed by atoms with E-state index >= 15 is 0 Å². The van der Waals surface area contributed by atoms with Gasteiger partial charge in [-0.1, -0.05) is 58.0 Å². The Bertz CT molecular complexity index is 958. The molecule has 2 aromatic carbocycles. The molecule has 2 heteroatoms. The highest BCUT2D eigenvalue weighted by molar-refractivity contribution is 5.87. The van der Waals surface area contributed by atoms with Gasteiger partial charge in [-0.2, -0.15) is 0 Å². The normalized spacial score (nSPS) is 9.80. The summed E-state index contributed by atoms with van der Waals surface area (Å²) in [6.07, 6.45) is 1.83. The minimum Gasteiger partial charge on any atom is -0.256 e. The van der Waals surface area contributed by atoms with Crippen molar-refractivity contribution in [1.29, 1.82) is 0 Å². The molecule has 2 nitrogen and oxygen atoms in total. The lowest BCUT2D eigenvalue weighted by atomic mass is 10.0. The molecular formula is C23H26N2. The lowest BCUT2D eigenvalue weighted by molar-refractivity contribution is 1.35. The summed E-state index contributed by atoms with van der Waals surface area (Å²) < 4.78 is 0. The molecule has 2 heterocycles. The van der Waals surface area contributed by atoms with Crippen molar-refractivity contribution >= 4 is 21.8 Å². The van der Waals surface area contributed by atoms with Crippen molar-refractivity contribution in [3.63, 3.8) is 0 Å². The summed E-state index contributed by atoms with van der Waals surface area (Å²) in [7, 11) is 0. The molecule has 0 saturated heterocycles. The number of para-hydroxylation sites is 1. The number of hydrogen-bond acceptors (Lipinski definition) is 2. The summed E-state index contributed by atoms with van der Waals surface area (Å²) in [5.41, 5.74) is 5.43. The van der Waals surface area contributed by atoms with Crippen molar-refractivity contribution in [1.82, 2.24) is 9.97 Å². The first-order chi connectivity index (χ1) is 12.3. The Morgan fingerprint density at radius 3 is 2.20 bits per heavy atom. The number of aromatic nitrogens is 2. The maximum Gasteiger partial charge on any atom is 0.0712 e. The highest BCUT2D eigenvalue weighted by Crippen LogP contribution is 2.27. The summed E-state index contributed by atoms with van der Waals surface area (Å²) in [6, 6.07) is 20.8. The zero-order valence-corrected chi connectivity index (χ0v) is 15.7. The lowest BCUT2D eigenvalue weighted by Gasteiger charge is -2.08. The van der Waals surface area contributed by atoms with Crippen LogP contribution in [0.2, 0.25) is 0 Å². The van der Waals surface area contributed by atoms with Crippen molar-refractivity contribution in [3.8, 4) is 11.3 Å². The van der Waals surface area contributed by atoms with Crippen LogP contribution in [0.3, 0.4) is 0 Å². The van der Waals surface area contributed by atoms with E-state index in [1.165, 1.54) is 16.5 Å². The van der Waals surface area contributed by atoms with Gasteiger partial charge in [-0.25, -0.2) is 4.98 Å². The summed E-state index contributed by atoms with van der Waals surface area (Å²) >= 11 is 0. The first kappa shape index (κ1) is 18.6. The molecule has 0 bridgehead atoms. The van der Waals surface area contributed by atoms with Gasteiger partial charge in [0.2, 0.25) is 0 Å². The molecule has 0 unspecified atom stereocenters. The zero-order valence-electron chi connectivity index (χ0n) is 15.7. The smallest absolute Gasteiger partial charge is 0.0712 e. The van der Waals surface area contributed by atoms with Gasteiger partial charge in [0.25, 0.3) is 0 Å². The SMILES string of the molecule is CC.CC.Cc1cc2ncccc2cc1-c1ccc2ccccc2n1. The third kappa shape index (κ3) is 4.03. The third-order valence-electron chi connectivity index (χ3n) is 3.82. The summed E-state index contributed by atoms with van der Waals surface area (Å²) in [5, 5.41) is 2.31. The first-order valence-electron chi connectivity index (χ1n) is 9.03. The lowest BCUT2D eigenvalue weighted by Crippen LogP contribution is -1.90. The second kappa shape index (κ2) is 8.93. The van der Waals surface area contributed by atoms with Gasteiger partial charge in [0.05, 0.1) is 16.7 Å². The average Bonchev–Trinajstić information content (AvgIpc) is 2.70. The Morgan fingerprint density at radius 2 is 1.40 bits per heavy atom. The van der Waals surface area contributed by atoms with Crippen LogP contribution in [0.5, 0.6) is 0 Å². The first-order valence-corrected chi connectivity index (χ1v) is 9.03. The molecule has 0 amide bonds. The van der Waals surface area contributed by atoms with Crippen molar-refractivity contribution in [3.05, 3.63) is 72.4 Å². The van der Waals surface area contributed by atoms with Crippen LogP contribution < -0.4 is 0 Å². The monoisotopic (exact) mass is 330 g/mol. The molecule has 0 N–H and O–H groups in total. The molecule has 4 aromatic rings. The summed E-state index contributed by atoms with van der Waals surface area (Å²) in [4.78, 5) is 9.20. The number of benzene rings is 2. The Morgan fingerprint density at radius 1 is 0.680 bits per heavy atom. The Hall–Kier alpha value is -2.74. The number of pyridine rings is 2. The largest absolute Gasteiger partial charge is 0.256 e. The highest BCUT2D eigenvalue weighted by Gasteiger charge is 2.07. The minimum atomic E-state index is 1.01. The fourth-order valence-corrected chi connectivity index (χ4v) is 2.72. The topological polar surface area (TPSA) is 25.8 Å². The number of rotatable bonds is 1.